The van der Waals surface area contributed by atoms with Gasteiger partial charge in [-0.15, -0.1) is 0 Å². The molecule has 31 heavy (non-hydrogen) atoms. The average molecular weight is 421 g/mol. The second-order valence-electron chi connectivity index (χ2n) is 6.33. The first-order chi connectivity index (χ1) is 15.0. The number of nitrogens with one attached hydrogen (secondary N) is 2. The summed E-state index contributed by atoms with van der Waals surface area (Å²) in [5, 5.41) is 6.19. The van der Waals surface area contributed by atoms with Gasteiger partial charge in [0, 0.05) is 11.4 Å². The number of anilines is 5. The van der Waals surface area contributed by atoms with Crippen molar-refractivity contribution in [2.75, 3.05) is 29.6 Å². The molecule has 0 aliphatic carbocycles. The van der Waals surface area contributed by atoms with Crippen LogP contribution in [0.5, 0.6) is 0 Å². The Bertz CT molecular complexity index is 1070. The molecule has 0 radical (unpaired) electrons. The molecule has 0 aliphatic rings. The van der Waals surface area contributed by atoms with Crippen LogP contribution in [0.25, 0.3) is 0 Å². The van der Waals surface area contributed by atoms with Gasteiger partial charge in [0.05, 0.1) is 24.3 Å². The van der Waals surface area contributed by atoms with Gasteiger partial charge in [0.15, 0.2) is 11.6 Å². The average Bonchev–Trinajstić information content (AvgIpc) is 2.77. The highest BCUT2D eigenvalue weighted by atomic mass is 16.5. The number of nitrogens with zero attached hydrogens (tertiary/aromatic N) is 2. The SMILES string of the molecule is CCOC(=O)c1ccc(Nc2ncnc(Nc3cccc(C(=O)OCC)c3)c2N)cc1. The number of carbonyl (C=O) groups is 2. The van der Waals surface area contributed by atoms with E-state index in [9.17, 15) is 9.59 Å². The third-order valence-corrected chi connectivity index (χ3v) is 4.18. The van der Waals surface area contributed by atoms with Crippen LogP contribution in [0.4, 0.5) is 28.7 Å². The Labute approximate surface area is 179 Å². The standard InChI is InChI=1S/C22H23N5O4/c1-3-30-21(28)14-8-10-16(11-9-14)26-19-18(23)20(25-13-24-19)27-17-7-5-6-15(12-17)22(29)31-4-2/h5-13H,3-4,23H2,1-2H3,(H2,24,25,26,27). The smallest absolute Gasteiger partial charge is 0.338 e. The van der Waals surface area contributed by atoms with Gasteiger partial charge in [-0.1, -0.05) is 6.07 Å². The van der Waals surface area contributed by atoms with Crippen molar-refractivity contribution in [1.29, 1.82) is 0 Å². The van der Waals surface area contributed by atoms with E-state index in [1.807, 2.05) is 0 Å². The minimum atomic E-state index is -0.407. The quantitative estimate of drug-likeness (QED) is 0.464. The Kier molecular flexibility index (Phi) is 7.00. The molecular weight excluding hydrogens is 398 g/mol. The van der Waals surface area contributed by atoms with Gasteiger partial charge in [0.25, 0.3) is 0 Å². The van der Waals surface area contributed by atoms with E-state index < -0.39 is 5.97 Å². The van der Waals surface area contributed by atoms with Gasteiger partial charge in [-0.25, -0.2) is 19.6 Å². The molecule has 0 spiro atoms. The Balaban J connectivity index is 1.75. The molecule has 9 heteroatoms. The Hall–Kier alpha value is -4.14. The normalized spacial score (nSPS) is 10.3. The fraction of sp³-hybridized carbons (Fsp3) is 0.182. The summed E-state index contributed by atoms with van der Waals surface area (Å²) in [6.07, 6.45) is 1.36. The summed E-state index contributed by atoms with van der Waals surface area (Å²) in [5.41, 5.74) is 8.70. The first-order valence-electron chi connectivity index (χ1n) is 9.70. The molecule has 1 aromatic heterocycles. The van der Waals surface area contributed by atoms with E-state index in [0.29, 0.717) is 53.0 Å². The number of nitrogens with two attached hydrogens (primary N) is 1. The van der Waals surface area contributed by atoms with Crippen molar-refractivity contribution in [2.45, 2.75) is 13.8 Å². The van der Waals surface area contributed by atoms with Crippen molar-refractivity contribution in [3.63, 3.8) is 0 Å². The maximum atomic E-state index is 11.9. The number of rotatable bonds is 8. The largest absolute Gasteiger partial charge is 0.462 e. The molecule has 0 saturated heterocycles. The van der Waals surface area contributed by atoms with Crippen LogP contribution in [0.15, 0.2) is 54.9 Å². The van der Waals surface area contributed by atoms with Gasteiger partial charge < -0.3 is 25.8 Å². The lowest BCUT2D eigenvalue weighted by atomic mass is 10.2. The van der Waals surface area contributed by atoms with E-state index >= 15 is 0 Å². The van der Waals surface area contributed by atoms with E-state index in [0.717, 1.165) is 0 Å². The Morgan fingerprint density at radius 2 is 1.42 bits per heavy atom. The molecule has 4 N–H and O–H groups in total. The highest BCUT2D eigenvalue weighted by Gasteiger charge is 2.12. The van der Waals surface area contributed by atoms with Gasteiger partial charge >= 0.3 is 11.9 Å². The molecule has 1 heterocycles. The molecule has 0 atom stereocenters. The molecule has 9 nitrogen and oxygen atoms in total. The summed E-state index contributed by atoms with van der Waals surface area (Å²) in [4.78, 5) is 32.1. The van der Waals surface area contributed by atoms with Crippen molar-refractivity contribution < 1.29 is 19.1 Å². The molecule has 0 fully saturated rings. The lowest BCUT2D eigenvalue weighted by Gasteiger charge is -2.13. The predicted octanol–water partition coefficient (Wildman–Crippen LogP) is 3.90. The van der Waals surface area contributed by atoms with Crippen LogP contribution < -0.4 is 16.4 Å². The van der Waals surface area contributed by atoms with Crippen LogP contribution in [0.2, 0.25) is 0 Å². The lowest BCUT2D eigenvalue weighted by Crippen LogP contribution is -2.07. The molecule has 0 saturated carbocycles. The van der Waals surface area contributed by atoms with E-state index in [2.05, 4.69) is 20.6 Å². The van der Waals surface area contributed by atoms with Crippen LogP contribution in [0, 0.1) is 0 Å². The number of benzene rings is 2. The second-order valence-corrected chi connectivity index (χ2v) is 6.33. The zero-order valence-electron chi connectivity index (χ0n) is 17.2. The number of hydrogen-bond acceptors (Lipinski definition) is 9. The minimum Gasteiger partial charge on any atom is -0.462 e. The van der Waals surface area contributed by atoms with E-state index in [4.69, 9.17) is 15.2 Å². The summed E-state index contributed by atoms with van der Waals surface area (Å²) in [5.74, 6) is -0.0212. The fourth-order valence-corrected chi connectivity index (χ4v) is 2.71. The molecule has 3 rings (SSSR count). The first kappa shape index (κ1) is 21.6. The number of aromatic nitrogens is 2. The predicted molar refractivity (Wildman–Crippen MR) is 118 cm³/mol. The Morgan fingerprint density at radius 3 is 2.03 bits per heavy atom. The van der Waals surface area contributed by atoms with Crippen molar-refractivity contribution in [3.8, 4) is 0 Å². The second kappa shape index (κ2) is 10.1. The number of esters is 2. The van der Waals surface area contributed by atoms with Gasteiger partial charge in [0.1, 0.15) is 12.0 Å². The summed E-state index contributed by atoms with van der Waals surface area (Å²) < 4.78 is 10.0. The van der Waals surface area contributed by atoms with Crippen molar-refractivity contribution >= 4 is 40.6 Å². The first-order valence-corrected chi connectivity index (χ1v) is 9.70. The highest BCUT2D eigenvalue weighted by molar-refractivity contribution is 5.91. The molecule has 0 amide bonds. The molecule has 0 bridgehead atoms. The zero-order valence-corrected chi connectivity index (χ0v) is 17.2. The number of nitrogen functional groups attached to an aromatic ring is 1. The number of hydrogen-bond donors (Lipinski definition) is 3. The molecule has 3 aromatic rings. The van der Waals surface area contributed by atoms with Crippen LogP contribution >= 0.6 is 0 Å². The number of carbonyl (C=O) groups excluding carboxylic acids is 2. The summed E-state index contributed by atoms with van der Waals surface area (Å²) in [6, 6.07) is 13.6. The maximum absolute atomic E-state index is 11.9. The molecule has 2 aromatic carbocycles. The third kappa shape index (κ3) is 5.47. The van der Waals surface area contributed by atoms with E-state index in [1.165, 1.54) is 6.33 Å². The maximum Gasteiger partial charge on any atom is 0.338 e. The summed E-state index contributed by atoms with van der Waals surface area (Å²) in [7, 11) is 0. The van der Waals surface area contributed by atoms with E-state index in [1.54, 1.807) is 62.4 Å². The highest BCUT2D eigenvalue weighted by Crippen LogP contribution is 2.28. The van der Waals surface area contributed by atoms with Crippen molar-refractivity contribution in [2.24, 2.45) is 0 Å². The van der Waals surface area contributed by atoms with E-state index in [-0.39, 0.29) is 5.97 Å². The van der Waals surface area contributed by atoms with Crippen molar-refractivity contribution in [1.82, 2.24) is 9.97 Å². The van der Waals surface area contributed by atoms with Gasteiger partial charge in [-0.3, -0.25) is 0 Å². The summed E-state index contributed by atoms with van der Waals surface area (Å²) >= 11 is 0. The number of ether oxygens (including phenoxy) is 2. The molecular formula is C22H23N5O4. The monoisotopic (exact) mass is 421 g/mol. The van der Waals surface area contributed by atoms with Gasteiger partial charge in [-0.05, 0) is 56.3 Å². The molecule has 0 unspecified atom stereocenters. The minimum absolute atomic E-state index is 0.290. The molecule has 0 aliphatic heterocycles. The van der Waals surface area contributed by atoms with Crippen LogP contribution in [-0.4, -0.2) is 35.1 Å². The van der Waals surface area contributed by atoms with Crippen LogP contribution in [0.3, 0.4) is 0 Å². The molecule has 160 valence electrons. The topological polar surface area (TPSA) is 128 Å². The van der Waals surface area contributed by atoms with Gasteiger partial charge in [0.2, 0.25) is 0 Å². The van der Waals surface area contributed by atoms with Gasteiger partial charge in [-0.2, -0.15) is 0 Å². The zero-order chi connectivity index (χ0) is 22.2. The van der Waals surface area contributed by atoms with Crippen LogP contribution in [0.1, 0.15) is 34.6 Å². The fourth-order valence-electron chi connectivity index (χ4n) is 2.71. The summed E-state index contributed by atoms with van der Waals surface area (Å²) in [6.45, 7) is 4.12. The van der Waals surface area contributed by atoms with Crippen molar-refractivity contribution in [3.05, 3.63) is 66.0 Å². The lowest BCUT2D eigenvalue weighted by molar-refractivity contribution is 0.0517. The van der Waals surface area contributed by atoms with Crippen LogP contribution in [-0.2, 0) is 9.47 Å². The Morgan fingerprint density at radius 1 is 0.839 bits per heavy atom. The third-order valence-electron chi connectivity index (χ3n) is 4.18.